The van der Waals surface area contributed by atoms with Gasteiger partial charge >= 0.3 is 0 Å². The molecule has 5 rings (SSSR count). The summed E-state index contributed by atoms with van der Waals surface area (Å²) >= 11 is 3.46. The zero-order chi connectivity index (χ0) is 22.1. The maximum atomic E-state index is 13.0. The summed E-state index contributed by atoms with van der Waals surface area (Å²) < 4.78 is 6.98. The summed E-state index contributed by atoms with van der Waals surface area (Å²) in [5.41, 5.74) is 3.19. The molecule has 1 N–H and O–H groups in total. The topological polar surface area (TPSA) is 62.7 Å². The fourth-order valence-electron chi connectivity index (χ4n) is 4.53. The first kappa shape index (κ1) is 20.9. The Bertz CT molecular complexity index is 1190. The molecule has 0 saturated carbocycles. The molecule has 3 aromatic rings. The number of ketones is 1. The molecule has 1 saturated heterocycles. The second-order valence-electron chi connectivity index (χ2n) is 8.20. The number of fused-ring (bicyclic) bond motifs is 1. The molecule has 32 heavy (non-hydrogen) atoms. The minimum absolute atomic E-state index is 0.149. The van der Waals surface area contributed by atoms with Crippen LogP contribution in [0.3, 0.4) is 0 Å². The lowest BCUT2D eigenvalue weighted by Crippen LogP contribution is -2.33. The highest BCUT2D eigenvalue weighted by atomic mass is 79.9. The normalized spacial score (nSPS) is 19.7. The number of ether oxygens (including phenoxy) is 1. The summed E-state index contributed by atoms with van der Waals surface area (Å²) in [6, 6.07) is 15.2. The Morgan fingerprint density at radius 1 is 1.19 bits per heavy atom. The first-order valence-electron chi connectivity index (χ1n) is 10.8. The fourth-order valence-corrected chi connectivity index (χ4v) is 4.95. The van der Waals surface area contributed by atoms with E-state index in [-0.39, 0.29) is 23.3 Å². The molecule has 6 heteroatoms. The molecule has 2 aromatic carbocycles. The largest absolute Gasteiger partial charge is 0.507 e. The molecule has 0 unspecified atom stereocenters. The average Bonchev–Trinajstić information content (AvgIpc) is 3.12. The van der Waals surface area contributed by atoms with E-state index in [0.29, 0.717) is 23.4 Å². The molecular weight excluding hydrogens is 468 g/mol. The highest BCUT2D eigenvalue weighted by Gasteiger charge is 2.33. The van der Waals surface area contributed by atoms with Crippen LogP contribution in [-0.4, -0.2) is 27.3 Å². The molecule has 2 aliphatic heterocycles. The Morgan fingerprint density at radius 3 is 2.91 bits per heavy atom. The van der Waals surface area contributed by atoms with Gasteiger partial charge in [-0.2, -0.15) is 0 Å². The zero-order valence-electron chi connectivity index (χ0n) is 17.5. The number of allylic oxidation sites excluding steroid dienone is 1. The third-order valence-corrected chi connectivity index (χ3v) is 6.60. The Balaban J connectivity index is 1.47. The second kappa shape index (κ2) is 8.88. The van der Waals surface area contributed by atoms with Crippen LogP contribution in [0.4, 0.5) is 0 Å². The predicted octanol–water partition coefficient (Wildman–Crippen LogP) is 5.89. The fraction of sp³-hybridized carbons (Fsp3) is 0.231. The van der Waals surface area contributed by atoms with Gasteiger partial charge in [-0.05, 0) is 66.9 Å². The van der Waals surface area contributed by atoms with E-state index in [1.165, 1.54) is 5.56 Å². The van der Waals surface area contributed by atoms with Crippen LogP contribution in [-0.2, 0) is 6.54 Å². The van der Waals surface area contributed by atoms with Crippen molar-refractivity contribution in [1.82, 2.24) is 9.88 Å². The van der Waals surface area contributed by atoms with E-state index in [2.05, 4.69) is 31.9 Å². The molecule has 1 aromatic heterocycles. The molecule has 1 atom stereocenters. The molecule has 0 aliphatic carbocycles. The van der Waals surface area contributed by atoms with Crippen molar-refractivity contribution in [3.63, 3.8) is 0 Å². The van der Waals surface area contributed by atoms with Gasteiger partial charge in [-0.1, -0.05) is 40.5 Å². The third kappa shape index (κ3) is 4.08. The number of phenols is 1. The number of halogens is 1. The van der Waals surface area contributed by atoms with Crippen molar-refractivity contribution in [2.75, 3.05) is 6.54 Å². The monoisotopic (exact) mass is 490 g/mol. The molecule has 0 bridgehead atoms. The number of carbonyl (C=O) groups excluding carboxylic acids is 1. The van der Waals surface area contributed by atoms with Crippen LogP contribution in [0.15, 0.2) is 71.2 Å². The maximum absolute atomic E-state index is 13.0. The Morgan fingerprint density at radius 2 is 2.09 bits per heavy atom. The van der Waals surface area contributed by atoms with E-state index in [0.717, 1.165) is 35.8 Å². The van der Waals surface area contributed by atoms with Crippen molar-refractivity contribution >= 4 is 27.8 Å². The quantitative estimate of drug-likeness (QED) is 0.461. The zero-order valence-corrected chi connectivity index (χ0v) is 19.1. The van der Waals surface area contributed by atoms with Gasteiger partial charge in [0.05, 0.1) is 11.1 Å². The van der Waals surface area contributed by atoms with Crippen LogP contribution >= 0.6 is 15.9 Å². The number of pyridine rings is 1. The standard InChI is InChI=1S/C26H23BrN2O3/c27-19-7-3-5-17(13-19)14-24-25(31)20-9-10-23(30)21(26(20)32-24)16-29-12-2-1-8-22(29)18-6-4-11-28-15-18/h3-7,9-11,13-15,22,30H,1-2,8,12,16H2/b24-14-/t22-/m0/s1. The van der Waals surface area contributed by atoms with Gasteiger partial charge in [0.1, 0.15) is 11.5 Å². The van der Waals surface area contributed by atoms with E-state index < -0.39 is 0 Å². The van der Waals surface area contributed by atoms with Crippen molar-refractivity contribution in [1.29, 1.82) is 0 Å². The average molecular weight is 491 g/mol. The lowest BCUT2D eigenvalue weighted by molar-refractivity contribution is 0.101. The smallest absolute Gasteiger partial charge is 0.231 e. The van der Waals surface area contributed by atoms with Crippen LogP contribution in [0, 0.1) is 0 Å². The second-order valence-corrected chi connectivity index (χ2v) is 9.12. The van der Waals surface area contributed by atoms with Crippen molar-refractivity contribution in [3.05, 3.63) is 93.4 Å². The SMILES string of the molecule is O=C1/C(=C/c2cccc(Br)c2)Oc2c1ccc(O)c2CN1CCCC[C@H]1c1cccnc1. The lowest BCUT2D eigenvalue weighted by Gasteiger charge is -2.36. The molecule has 0 radical (unpaired) electrons. The van der Waals surface area contributed by atoms with E-state index in [4.69, 9.17) is 4.74 Å². The van der Waals surface area contributed by atoms with Crippen LogP contribution in [0.5, 0.6) is 11.5 Å². The van der Waals surface area contributed by atoms with E-state index in [9.17, 15) is 9.90 Å². The summed E-state index contributed by atoms with van der Waals surface area (Å²) in [5.74, 6) is 0.721. The molecule has 2 aliphatic rings. The number of hydrogen-bond donors (Lipinski definition) is 1. The maximum Gasteiger partial charge on any atom is 0.231 e. The summed E-state index contributed by atoms with van der Waals surface area (Å²) in [4.78, 5) is 19.7. The van der Waals surface area contributed by atoms with E-state index in [1.807, 2.05) is 36.5 Å². The molecule has 0 amide bonds. The number of carbonyl (C=O) groups is 1. The number of rotatable bonds is 4. The number of benzene rings is 2. The number of aromatic hydroxyl groups is 1. The summed E-state index contributed by atoms with van der Waals surface area (Å²) in [6.07, 6.45) is 8.73. The molecule has 1 fully saturated rings. The highest BCUT2D eigenvalue weighted by Crippen LogP contribution is 2.42. The van der Waals surface area contributed by atoms with Gasteiger partial charge in [-0.15, -0.1) is 0 Å². The van der Waals surface area contributed by atoms with E-state index >= 15 is 0 Å². The summed E-state index contributed by atoms with van der Waals surface area (Å²) in [6.45, 7) is 1.42. The number of likely N-dealkylation sites (tertiary alicyclic amines) is 1. The van der Waals surface area contributed by atoms with Gasteiger partial charge in [0.25, 0.3) is 0 Å². The highest BCUT2D eigenvalue weighted by molar-refractivity contribution is 9.10. The number of aromatic nitrogens is 1. The number of Topliss-reactive ketones (excluding diaryl/α,β-unsaturated/α-hetero) is 1. The molecular formula is C26H23BrN2O3. The number of nitrogens with zero attached hydrogens (tertiary/aromatic N) is 2. The summed E-state index contributed by atoms with van der Waals surface area (Å²) in [7, 11) is 0. The first-order chi connectivity index (χ1) is 15.6. The van der Waals surface area contributed by atoms with Crippen LogP contribution in [0.1, 0.15) is 52.4 Å². The third-order valence-electron chi connectivity index (χ3n) is 6.11. The van der Waals surface area contributed by atoms with Gasteiger partial charge in [-0.25, -0.2) is 0 Å². The van der Waals surface area contributed by atoms with Crippen LogP contribution in [0.25, 0.3) is 6.08 Å². The minimum Gasteiger partial charge on any atom is -0.507 e. The minimum atomic E-state index is -0.163. The van der Waals surface area contributed by atoms with Crippen LogP contribution in [0.2, 0.25) is 0 Å². The summed E-state index contributed by atoms with van der Waals surface area (Å²) in [5, 5.41) is 10.7. The predicted molar refractivity (Wildman–Crippen MR) is 126 cm³/mol. The van der Waals surface area contributed by atoms with Crippen molar-refractivity contribution in [2.24, 2.45) is 0 Å². The molecule has 3 heterocycles. The van der Waals surface area contributed by atoms with Gasteiger partial charge in [0.2, 0.25) is 5.78 Å². The van der Waals surface area contributed by atoms with Crippen LogP contribution < -0.4 is 4.74 Å². The van der Waals surface area contributed by atoms with Gasteiger partial charge < -0.3 is 9.84 Å². The van der Waals surface area contributed by atoms with Crippen molar-refractivity contribution in [3.8, 4) is 11.5 Å². The first-order valence-corrected chi connectivity index (χ1v) is 11.6. The number of hydrogen-bond acceptors (Lipinski definition) is 5. The Kier molecular flexibility index (Phi) is 5.81. The van der Waals surface area contributed by atoms with E-state index in [1.54, 1.807) is 24.4 Å². The van der Waals surface area contributed by atoms with Gasteiger partial charge in [-0.3, -0.25) is 14.7 Å². The Labute approximate surface area is 195 Å². The number of piperidine rings is 1. The lowest BCUT2D eigenvalue weighted by atomic mass is 9.95. The van der Waals surface area contributed by atoms with Crippen molar-refractivity contribution < 1.29 is 14.6 Å². The Hall–Kier alpha value is -2.96. The number of phenolic OH excluding ortho intramolecular Hbond substituents is 1. The molecule has 5 nitrogen and oxygen atoms in total. The van der Waals surface area contributed by atoms with Gasteiger partial charge in [0.15, 0.2) is 5.76 Å². The van der Waals surface area contributed by atoms with Gasteiger partial charge in [0, 0.05) is 29.5 Å². The van der Waals surface area contributed by atoms with Crippen molar-refractivity contribution in [2.45, 2.75) is 31.8 Å². The molecule has 0 spiro atoms. The molecule has 162 valence electrons.